The van der Waals surface area contributed by atoms with Crippen LogP contribution in [0.15, 0.2) is 36.5 Å². The van der Waals surface area contributed by atoms with Crippen LogP contribution < -0.4 is 0 Å². The molecule has 0 unspecified atom stereocenters. The van der Waals surface area contributed by atoms with E-state index in [0.717, 1.165) is 27.9 Å². The van der Waals surface area contributed by atoms with Gasteiger partial charge >= 0.3 is 0 Å². The molecule has 20 heavy (non-hydrogen) atoms. The number of aromatic amines is 1. The van der Waals surface area contributed by atoms with E-state index in [1.54, 1.807) is 6.20 Å². The van der Waals surface area contributed by atoms with Crippen LogP contribution in [0, 0.1) is 11.3 Å². The number of nitrogens with one attached hydrogen (secondary N) is 1. The molecule has 1 aromatic carbocycles. The molecule has 0 saturated heterocycles. The van der Waals surface area contributed by atoms with Crippen LogP contribution in [-0.2, 0) is 0 Å². The van der Waals surface area contributed by atoms with E-state index in [1.807, 2.05) is 30.3 Å². The van der Waals surface area contributed by atoms with Crippen LogP contribution >= 0.6 is 0 Å². The van der Waals surface area contributed by atoms with E-state index in [2.05, 4.69) is 35.1 Å². The first-order chi connectivity index (χ1) is 9.69. The van der Waals surface area contributed by atoms with Crippen molar-refractivity contribution in [2.24, 2.45) is 0 Å². The second kappa shape index (κ2) is 4.78. The van der Waals surface area contributed by atoms with E-state index in [1.165, 1.54) is 0 Å². The Labute approximate surface area is 117 Å². The Morgan fingerprint density at radius 3 is 2.85 bits per heavy atom. The van der Waals surface area contributed by atoms with Gasteiger partial charge in [-0.2, -0.15) is 10.4 Å². The van der Waals surface area contributed by atoms with Gasteiger partial charge in [0.1, 0.15) is 5.69 Å². The monoisotopic (exact) mass is 262 g/mol. The van der Waals surface area contributed by atoms with Crippen LogP contribution in [0.5, 0.6) is 0 Å². The molecule has 4 nitrogen and oxygen atoms in total. The molecule has 0 fully saturated rings. The number of rotatable bonds is 2. The first-order valence-electron chi connectivity index (χ1n) is 6.54. The van der Waals surface area contributed by atoms with Crippen molar-refractivity contribution in [1.82, 2.24) is 15.2 Å². The number of benzene rings is 1. The third-order valence-corrected chi connectivity index (χ3v) is 3.40. The molecule has 1 N–H and O–H groups in total. The zero-order chi connectivity index (χ0) is 14.1. The average Bonchev–Trinajstić information content (AvgIpc) is 2.91. The maximum absolute atomic E-state index is 9.14. The lowest BCUT2D eigenvalue weighted by Gasteiger charge is -2.04. The molecule has 98 valence electrons. The van der Waals surface area contributed by atoms with Gasteiger partial charge in [0.15, 0.2) is 0 Å². The highest BCUT2D eigenvalue weighted by atomic mass is 15.1. The minimum absolute atomic E-state index is 0.406. The predicted octanol–water partition coefficient (Wildman–Crippen LogP) is 3.62. The Morgan fingerprint density at radius 1 is 1.25 bits per heavy atom. The van der Waals surface area contributed by atoms with Crippen molar-refractivity contribution in [2.75, 3.05) is 0 Å². The Bertz CT molecular complexity index is 809. The van der Waals surface area contributed by atoms with E-state index < -0.39 is 0 Å². The van der Waals surface area contributed by atoms with Crippen LogP contribution in [0.3, 0.4) is 0 Å². The van der Waals surface area contributed by atoms with Crippen molar-refractivity contribution in [3.05, 3.63) is 47.7 Å². The molecule has 3 rings (SSSR count). The van der Waals surface area contributed by atoms with Crippen molar-refractivity contribution in [1.29, 1.82) is 5.26 Å². The van der Waals surface area contributed by atoms with Gasteiger partial charge in [-0.3, -0.25) is 0 Å². The summed E-state index contributed by atoms with van der Waals surface area (Å²) in [7, 11) is 0. The lowest BCUT2D eigenvalue weighted by Crippen LogP contribution is -1.93. The largest absolute Gasteiger partial charge is 0.353 e. The van der Waals surface area contributed by atoms with Crippen LogP contribution in [0.25, 0.3) is 22.3 Å². The highest BCUT2D eigenvalue weighted by molar-refractivity contribution is 5.89. The Kier molecular flexibility index (Phi) is 2.96. The van der Waals surface area contributed by atoms with Gasteiger partial charge in [-0.25, -0.2) is 0 Å². The Hall–Kier alpha value is -2.67. The van der Waals surface area contributed by atoms with Crippen molar-refractivity contribution in [3.8, 4) is 17.5 Å². The van der Waals surface area contributed by atoms with E-state index in [-0.39, 0.29) is 0 Å². The summed E-state index contributed by atoms with van der Waals surface area (Å²) in [5.74, 6) is 0.406. The molecule has 0 saturated carbocycles. The molecular formula is C16H14N4. The number of nitriles is 1. The smallest absolute Gasteiger partial charge is 0.109 e. The van der Waals surface area contributed by atoms with E-state index >= 15 is 0 Å². The van der Waals surface area contributed by atoms with Crippen LogP contribution in [0.4, 0.5) is 0 Å². The third kappa shape index (κ3) is 2.04. The number of fused-ring (bicyclic) bond motifs is 1. The van der Waals surface area contributed by atoms with E-state index in [9.17, 15) is 0 Å². The molecule has 0 spiro atoms. The standard InChI is InChI=1S/C16H14N4/c1-10(2)12-6-16(20-18-9-12)15-7-13-11(8-17)4-3-5-14(13)19-15/h3-7,9-10,19H,1-2H3. The molecule has 2 heterocycles. The Balaban J connectivity index is 2.16. The number of aromatic nitrogens is 3. The van der Waals surface area contributed by atoms with Gasteiger partial charge in [-0.1, -0.05) is 19.9 Å². The van der Waals surface area contributed by atoms with Crippen LogP contribution in [0.1, 0.15) is 30.9 Å². The predicted molar refractivity (Wildman–Crippen MR) is 78.1 cm³/mol. The van der Waals surface area contributed by atoms with Crippen LogP contribution in [-0.4, -0.2) is 15.2 Å². The van der Waals surface area contributed by atoms with Gasteiger partial charge in [-0.05, 0) is 35.7 Å². The molecule has 0 amide bonds. The quantitative estimate of drug-likeness (QED) is 0.767. The van der Waals surface area contributed by atoms with Gasteiger partial charge in [0.25, 0.3) is 0 Å². The lowest BCUT2D eigenvalue weighted by molar-refractivity contribution is 0.842. The average molecular weight is 262 g/mol. The molecule has 2 aromatic heterocycles. The van der Waals surface area contributed by atoms with Gasteiger partial charge in [-0.15, -0.1) is 5.10 Å². The van der Waals surface area contributed by atoms with Crippen molar-refractivity contribution in [3.63, 3.8) is 0 Å². The first-order valence-corrected chi connectivity index (χ1v) is 6.54. The summed E-state index contributed by atoms with van der Waals surface area (Å²) in [4.78, 5) is 3.30. The minimum Gasteiger partial charge on any atom is -0.353 e. The zero-order valence-corrected chi connectivity index (χ0v) is 11.4. The third-order valence-electron chi connectivity index (χ3n) is 3.40. The molecule has 4 heteroatoms. The lowest BCUT2D eigenvalue weighted by atomic mass is 10.0. The fourth-order valence-electron chi connectivity index (χ4n) is 2.22. The summed E-state index contributed by atoms with van der Waals surface area (Å²) in [5, 5.41) is 18.3. The molecule has 0 aliphatic heterocycles. The summed E-state index contributed by atoms with van der Waals surface area (Å²) in [6.45, 7) is 4.25. The van der Waals surface area contributed by atoms with Crippen molar-refractivity contribution < 1.29 is 0 Å². The van der Waals surface area contributed by atoms with Crippen molar-refractivity contribution >= 4 is 10.9 Å². The van der Waals surface area contributed by atoms with Gasteiger partial charge < -0.3 is 4.98 Å². The van der Waals surface area contributed by atoms with Crippen LogP contribution in [0.2, 0.25) is 0 Å². The summed E-state index contributed by atoms with van der Waals surface area (Å²) >= 11 is 0. The van der Waals surface area contributed by atoms with Gasteiger partial charge in [0.2, 0.25) is 0 Å². The summed E-state index contributed by atoms with van der Waals surface area (Å²) in [6.07, 6.45) is 1.79. The topological polar surface area (TPSA) is 65.4 Å². The number of H-pyrrole nitrogens is 1. The molecule has 0 bridgehead atoms. The molecular weight excluding hydrogens is 248 g/mol. The second-order valence-corrected chi connectivity index (χ2v) is 5.09. The number of nitrogens with zero attached hydrogens (tertiary/aromatic N) is 3. The van der Waals surface area contributed by atoms with Crippen molar-refractivity contribution in [2.45, 2.75) is 19.8 Å². The molecule has 3 aromatic rings. The highest BCUT2D eigenvalue weighted by Gasteiger charge is 2.09. The Morgan fingerprint density at radius 2 is 2.10 bits per heavy atom. The number of hydrogen-bond donors (Lipinski definition) is 1. The molecule has 0 atom stereocenters. The van der Waals surface area contributed by atoms with E-state index in [0.29, 0.717) is 11.5 Å². The SMILES string of the molecule is CC(C)c1cnnc(-c2cc3c(C#N)cccc3[nH]2)c1. The maximum Gasteiger partial charge on any atom is 0.109 e. The summed E-state index contributed by atoms with van der Waals surface area (Å²) < 4.78 is 0. The molecule has 0 aliphatic rings. The van der Waals surface area contributed by atoms with Gasteiger partial charge in [0.05, 0.1) is 23.5 Å². The molecule has 0 aliphatic carbocycles. The second-order valence-electron chi connectivity index (χ2n) is 5.09. The fraction of sp³-hybridized carbons (Fsp3) is 0.188. The van der Waals surface area contributed by atoms with Gasteiger partial charge in [0, 0.05) is 10.9 Å². The van der Waals surface area contributed by atoms with E-state index in [4.69, 9.17) is 5.26 Å². The molecule has 0 radical (unpaired) electrons. The maximum atomic E-state index is 9.14. The fourth-order valence-corrected chi connectivity index (χ4v) is 2.22. The normalized spacial score (nSPS) is 10.9. The first kappa shape index (κ1) is 12.4. The minimum atomic E-state index is 0.406. The number of hydrogen-bond acceptors (Lipinski definition) is 3. The summed E-state index contributed by atoms with van der Waals surface area (Å²) in [6, 6.07) is 11.9. The highest BCUT2D eigenvalue weighted by Crippen LogP contribution is 2.26. The summed E-state index contributed by atoms with van der Waals surface area (Å²) in [5.41, 5.74) is 4.44. The zero-order valence-electron chi connectivity index (χ0n) is 11.4.